The Morgan fingerprint density at radius 2 is 1.80 bits per heavy atom. The van der Waals surface area contributed by atoms with Gasteiger partial charge < -0.3 is 19.4 Å². The third-order valence-electron chi connectivity index (χ3n) is 4.92. The van der Waals surface area contributed by atoms with Crippen molar-refractivity contribution in [2.45, 2.75) is 71.4 Å². The normalized spacial score (nSPS) is 23.5. The van der Waals surface area contributed by atoms with Crippen LogP contribution in [-0.2, 0) is 9.53 Å². The van der Waals surface area contributed by atoms with Crippen molar-refractivity contribution in [1.82, 2.24) is 14.7 Å². The molecule has 2 heterocycles. The van der Waals surface area contributed by atoms with Crippen molar-refractivity contribution in [2.24, 2.45) is 0 Å². The molecule has 2 saturated heterocycles. The summed E-state index contributed by atoms with van der Waals surface area (Å²) in [6, 6.07) is -0.0173. The average molecular weight is 354 g/mol. The zero-order chi connectivity index (χ0) is 18.4. The van der Waals surface area contributed by atoms with Crippen LogP contribution in [0.25, 0.3) is 0 Å². The molecular formula is C19H35N3O3. The minimum absolute atomic E-state index is 0.0173. The van der Waals surface area contributed by atoms with Crippen LogP contribution < -0.4 is 0 Å². The molecule has 0 spiro atoms. The van der Waals surface area contributed by atoms with Gasteiger partial charge >= 0.3 is 6.09 Å². The number of amides is 2. The number of ether oxygens (including phenoxy) is 1. The molecule has 0 radical (unpaired) electrons. The van der Waals surface area contributed by atoms with Crippen LogP contribution in [0.4, 0.5) is 4.79 Å². The first-order valence-corrected chi connectivity index (χ1v) is 9.76. The Labute approximate surface area is 152 Å². The Hall–Kier alpha value is -1.30. The van der Waals surface area contributed by atoms with E-state index in [1.807, 2.05) is 32.6 Å². The van der Waals surface area contributed by atoms with Crippen molar-refractivity contribution in [3.8, 4) is 0 Å². The quantitative estimate of drug-likeness (QED) is 0.780. The fraction of sp³-hybridized carbons (Fsp3) is 0.895. The predicted octanol–water partition coefficient (Wildman–Crippen LogP) is 2.72. The number of hydrogen-bond acceptors (Lipinski definition) is 4. The lowest BCUT2D eigenvalue weighted by molar-refractivity contribution is -0.130. The summed E-state index contributed by atoms with van der Waals surface area (Å²) in [6.07, 6.45) is 5.01. The number of hydrogen-bond donors (Lipinski definition) is 0. The van der Waals surface area contributed by atoms with Gasteiger partial charge in [0.1, 0.15) is 5.60 Å². The molecule has 2 aliphatic rings. The SMILES string of the molecule is CC1CN(CCCN2CCCCC2)C(=O)CCN1C(=O)OC(C)(C)C. The molecule has 2 fully saturated rings. The van der Waals surface area contributed by atoms with Gasteiger partial charge in [0.15, 0.2) is 0 Å². The molecule has 0 aromatic rings. The molecule has 0 aromatic heterocycles. The highest BCUT2D eigenvalue weighted by atomic mass is 16.6. The van der Waals surface area contributed by atoms with Crippen LogP contribution in [0.5, 0.6) is 0 Å². The second kappa shape index (κ2) is 8.88. The molecule has 6 nitrogen and oxygen atoms in total. The number of likely N-dealkylation sites (tertiary alicyclic amines) is 1. The molecule has 0 saturated carbocycles. The van der Waals surface area contributed by atoms with Crippen molar-refractivity contribution in [3.05, 3.63) is 0 Å². The molecule has 25 heavy (non-hydrogen) atoms. The lowest BCUT2D eigenvalue weighted by atomic mass is 10.1. The Bertz CT molecular complexity index is 455. The van der Waals surface area contributed by atoms with E-state index in [-0.39, 0.29) is 18.0 Å². The number of carbonyl (C=O) groups is 2. The maximum atomic E-state index is 12.4. The van der Waals surface area contributed by atoms with E-state index < -0.39 is 5.60 Å². The van der Waals surface area contributed by atoms with Gasteiger partial charge in [0.2, 0.25) is 5.91 Å². The lowest BCUT2D eigenvalue weighted by Gasteiger charge is -2.31. The Kier molecular flexibility index (Phi) is 7.11. The van der Waals surface area contributed by atoms with Gasteiger partial charge in [-0.05, 0) is 66.6 Å². The molecule has 0 aliphatic carbocycles. The first kappa shape index (κ1) is 20.0. The molecule has 1 atom stereocenters. The Morgan fingerprint density at radius 1 is 1.12 bits per heavy atom. The molecule has 6 heteroatoms. The second-order valence-corrected chi connectivity index (χ2v) is 8.37. The first-order valence-electron chi connectivity index (χ1n) is 9.76. The zero-order valence-corrected chi connectivity index (χ0v) is 16.4. The van der Waals surface area contributed by atoms with Crippen molar-refractivity contribution in [3.63, 3.8) is 0 Å². The van der Waals surface area contributed by atoms with E-state index >= 15 is 0 Å². The number of rotatable bonds is 4. The van der Waals surface area contributed by atoms with Gasteiger partial charge in [-0.2, -0.15) is 0 Å². The molecule has 1 unspecified atom stereocenters. The van der Waals surface area contributed by atoms with Crippen LogP contribution in [0.2, 0.25) is 0 Å². The summed E-state index contributed by atoms with van der Waals surface area (Å²) in [5.74, 6) is 0.150. The highest BCUT2D eigenvalue weighted by molar-refractivity contribution is 5.78. The third-order valence-corrected chi connectivity index (χ3v) is 4.92. The lowest BCUT2D eigenvalue weighted by Crippen LogP contribution is -2.45. The Balaban J connectivity index is 1.83. The van der Waals surface area contributed by atoms with E-state index in [2.05, 4.69) is 4.90 Å². The molecule has 2 aliphatic heterocycles. The summed E-state index contributed by atoms with van der Waals surface area (Å²) in [7, 11) is 0. The standard InChI is InChI=1S/C19H35N3O3/c1-16-15-21(13-8-12-20-10-6-5-7-11-20)17(23)9-14-22(16)18(24)25-19(2,3)4/h16H,5-15H2,1-4H3. The molecule has 2 rings (SSSR count). The molecule has 0 bridgehead atoms. The molecule has 0 N–H and O–H groups in total. The Morgan fingerprint density at radius 3 is 2.44 bits per heavy atom. The molecular weight excluding hydrogens is 318 g/mol. The monoisotopic (exact) mass is 353 g/mol. The van der Waals surface area contributed by atoms with Crippen molar-refractivity contribution in [1.29, 1.82) is 0 Å². The smallest absolute Gasteiger partial charge is 0.410 e. The summed E-state index contributed by atoms with van der Waals surface area (Å²) in [4.78, 5) is 30.9. The van der Waals surface area contributed by atoms with Crippen LogP contribution in [0.1, 0.15) is 59.8 Å². The summed E-state index contributed by atoms with van der Waals surface area (Å²) in [5.41, 5.74) is -0.513. The molecule has 2 amide bonds. The number of nitrogens with zero attached hydrogens (tertiary/aromatic N) is 3. The van der Waals surface area contributed by atoms with E-state index in [1.165, 1.54) is 32.4 Å². The zero-order valence-electron chi connectivity index (χ0n) is 16.4. The van der Waals surface area contributed by atoms with Gasteiger partial charge in [-0.1, -0.05) is 6.42 Å². The van der Waals surface area contributed by atoms with Crippen LogP contribution in [0, 0.1) is 0 Å². The van der Waals surface area contributed by atoms with Gasteiger partial charge in [0.25, 0.3) is 0 Å². The van der Waals surface area contributed by atoms with Crippen molar-refractivity contribution >= 4 is 12.0 Å². The molecule has 0 aromatic carbocycles. The van der Waals surface area contributed by atoms with Crippen molar-refractivity contribution < 1.29 is 14.3 Å². The van der Waals surface area contributed by atoms with Gasteiger partial charge in [0, 0.05) is 32.1 Å². The van der Waals surface area contributed by atoms with Crippen LogP contribution in [-0.4, -0.2) is 77.6 Å². The van der Waals surface area contributed by atoms with Gasteiger partial charge in [-0.15, -0.1) is 0 Å². The summed E-state index contributed by atoms with van der Waals surface area (Å²) in [6.45, 7) is 12.9. The van der Waals surface area contributed by atoms with Crippen LogP contribution in [0.15, 0.2) is 0 Å². The number of carbonyl (C=O) groups excluding carboxylic acids is 2. The van der Waals surface area contributed by atoms with E-state index in [4.69, 9.17) is 4.74 Å². The maximum absolute atomic E-state index is 12.4. The average Bonchev–Trinajstić information content (AvgIpc) is 2.66. The predicted molar refractivity (Wildman–Crippen MR) is 98.5 cm³/mol. The highest BCUT2D eigenvalue weighted by Crippen LogP contribution is 2.17. The van der Waals surface area contributed by atoms with E-state index in [0.29, 0.717) is 19.5 Å². The fourth-order valence-corrected chi connectivity index (χ4v) is 3.59. The largest absolute Gasteiger partial charge is 0.444 e. The van der Waals surface area contributed by atoms with Crippen LogP contribution >= 0.6 is 0 Å². The van der Waals surface area contributed by atoms with Crippen molar-refractivity contribution in [2.75, 3.05) is 39.3 Å². The molecule has 144 valence electrons. The summed E-state index contributed by atoms with van der Waals surface area (Å²) in [5, 5.41) is 0. The topological polar surface area (TPSA) is 53.1 Å². The summed E-state index contributed by atoms with van der Waals surface area (Å²) >= 11 is 0. The first-order chi connectivity index (χ1) is 11.8. The van der Waals surface area contributed by atoms with E-state index in [9.17, 15) is 9.59 Å². The van der Waals surface area contributed by atoms with Gasteiger partial charge in [-0.25, -0.2) is 4.79 Å². The maximum Gasteiger partial charge on any atom is 0.410 e. The van der Waals surface area contributed by atoms with E-state index in [1.54, 1.807) is 4.90 Å². The van der Waals surface area contributed by atoms with Gasteiger partial charge in [0.05, 0.1) is 0 Å². The second-order valence-electron chi connectivity index (χ2n) is 8.37. The summed E-state index contributed by atoms with van der Waals surface area (Å²) < 4.78 is 5.48. The van der Waals surface area contributed by atoms with E-state index in [0.717, 1.165) is 19.5 Å². The third kappa shape index (κ3) is 6.49. The highest BCUT2D eigenvalue weighted by Gasteiger charge is 2.31. The number of piperidine rings is 1. The van der Waals surface area contributed by atoms with Crippen LogP contribution in [0.3, 0.4) is 0 Å². The van der Waals surface area contributed by atoms with Gasteiger partial charge in [-0.3, -0.25) is 4.79 Å². The fourth-order valence-electron chi connectivity index (χ4n) is 3.59. The minimum Gasteiger partial charge on any atom is -0.444 e. The minimum atomic E-state index is -0.513.